The van der Waals surface area contributed by atoms with Crippen LogP contribution in [0.5, 0.6) is 0 Å². The van der Waals surface area contributed by atoms with Gasteiger partial charge in [-0.05, 0) is 41.3 Å². The zero-order chi connectivity index (χ0) is 18.9. The Hall–Kier alpha value is -1.99. The summed E-state index contributed by atoms with van der Waals surface area (Å²) in [6, 6.07) is 11.9. The van der Waals surface area contributed by atoms with Crippen molar-refractivity contribution in [3.8, 4) is 11.3 Å². The number of hydrogen-bond acceptors (Lipinski definition) is 4. The average molecular weight is 493 g/mol. The second-order valence-corrected chi connectivity index (χ2v) is 7.69. The van der Waals surface area contributed by atoms with E-state index in [2.05, 4.69) is 44.3 Å². The number of benzene rings is 1. The first-order chi connectivity index (χ1) is 13.3. The van der Waals surface area contributed by atoms with E-state index in [0.717, 1.165) is 21.1 Å². The van der Waals surface area contributed by atoms with Gasteiger partial charge in [-0.2, -0.15) is 5.10 Å². The molecule has 0 aliphatic rings. The summed E-state index contributed by atoms with van der Waals surface area (Å²) in [6.07, 6.45) is 11.4. The normalized spacial score (nSPS) is 12.2. The third-order valence-electron chi connectivity index (χ3n) is 3.57. The molecule has 0 unspecified atom stereocenters. The summed E-state index contributed by atoms with van der Waals surface area (Å²) in [6.45, 7) is 4.50. The lowest BCUT2D eigenvalue weighted by molar-refractivity contribution is 0.789. The number of aromatic nitrogens is 1. The highest BCUT2D eigenvalue weighted by Gasteiger charge is 2.06. The van der Waals surface area contributed by atoms with Gasteiger partial charge in [0.05, 0.1) is 5.69 Å². The molecule has 0 aliphatic carbocycles. The maximum Gasteiger partial charge on any atom is 0.211 e. The maximum atomic E-state index is 5.99. The monoisotopic (exact) mass is 491 g/mol. The highest BCUT2D eigenvalue weighted by atomic mass is 79.9. The van der Waals surface area contributed by atoms with Gasteiger partial charge in [-0.25, -0.2) is 0 Å². The largest absolute Gasteiger partial charge is 0.311 e. The Balaban J connectivity index is 0.00000280. The van der Waals surface area contributed by atoms with E-state index in [9.17, 15) is 0 Å². The summed E-state index contributed by atoms with van der Waals surface area (Å²) in [4.78, 5) is 2.04. The highest BCUT2D eigenvalue weighted by Crippen LogP contribution is 2.22. The molecule has 0 N–H and O–H groups in total. The first kappa shape index (κ1) is 22.3. The predicted octanol–water partition coefficient (Wildman–Crippen LogP) is 6.85. The zero-order valence-electron chi connectivity index (χ0n) is 14.9. The van der Waals surface area contributed by atoms with Crippen LogP contribution in [0.4, 0.5) is 0 Å². The van der Waals surface area contributed by atoms with Crippen molar-refractivity contribution < 1.29 is 0 Å². The summed E-state index contributed by atoms with van der Waals surface area (Å²) in [5, 5.41) is 13.3. The van der Waals surface area contributed by atoms with Crippen LogP contribution in [0.3, 0.4) is 0 Å². The van der Waals surface area contributed by atoms with E-state index >= 15 is 0 Å². The van der Waals surface area contributed by atoms with E-state index in [0.29, 0.717) is 6.54 Å². The van der Waals surface area contributed by atoms with Crippen LogP contribution in [-0.4, -0.2) is 10.8 Å². The molecule has 0 amide bonds. The van der Waals surface area contributed by atoms with Crippen LogP contribution < -0.4 is 4.80 Å². The number of allylic oxidation sites excluding steroid dienone is 4. The molecule has 3 aromatic rings. The third kappa shape index (κ3) is 6.27. The topological polar surface area (TPSA) is 29.6 Å². The van der Waals surface area contributed by atoms with Crippen LogP contribution in [0, 0.1) is 0 Å². The molecule has 7 heteroatoms. The number of nitrogens with zero attached hydrogens (tertiary/aromatic N) is 3. The van der Waals surface area contributed by atoms with Crippen molar-refractivity contribution in [3.63, 3.8) is 0 Å². The molecular weight excluding hydrogens is 474 g/mol. The molecule has 2 aromatic heterocycles. The quantitative estimate of drug-likeness (QED) is 0.149. The van der Waals surface area contributed by atoms with Crippen molar-refractivity contribution in [3.05, 3.63) is 92.7 Å². The minimum absolute atomic E-state index is 0. The number of halogens is 2. The van der Waals surface area contributed by atoms with Crippen LogP contribution in [-0.2, 0) is 6.54 Å². The average Bonchev–Trinajstić information content (AvgIpc) is 3.32. The molecule has 0 radical (unpaired) electrons. The van der Waals surface area contributed by atoms with Gasteiger partial charge < -0.3 is 4.57 Å². The summed E-state index contributed by atoms with van der Waals surface area (Å²) in [5.41, 5.74) is 2.15. The van der Waals surface area contributed by atoms with Gasteiger partial charge in [-0.3, -0.25) is 0 Å². The highest BCUT2D eigenvalue weighted by molar-refractivity contribution is 8.93. The molecule has 0 fully saturated rings. The lowest BCUT2D eigenvalue weighted by atomic mass is 10.2. The first-order valence-electron chi connectivity index (χ1n) is 8.27. The standard InChI is InChI=1S/C21H18ClN3S2.BrH/c1-2-14-25-20(17-9-11-18(22)12-10-17)16-27-21(25)24-23-13-5-3-4-7-19-8-6-15-26-19;/h2-13,15-16H,1,14H2;1H/b5-3+,7-4+,23-13+,24-21-;. The molecule has 1 aromatic carbocycles. The molecule has 28 heavy (non-hydrogen) atoms. The van der Waals surface area contributed by atoms with E-state index in [1.165, 1.54) is 4.88 Å². The Bertz CT molecular complexity index is 1030. The summed E-state index contributed by atoms with van der Waals surface area (Å²) in [7, 11) is 0. The van der Waals surface area contributed by atoms with E-state index < -0.39 is 0 Å². The maximum absolute atomic E-state index is 5.99. The van der Waals surface area contributed by atoms with Crippen molar-refractivity contribution in [2.24, 2.45) is 10.2 Å². The SMILES string of the molecule is Br.C=CCn1c(-c2ccc(Cl)cc2)cs\c1=N/N=C/C=C/C=C/c1cccs1. The molecule has 3 rings (SSSR count). The number of thiophene rings is 1. The van der Waals surface area contributed by atoms with Crippen LogP contribution in [0.25, 0.3) is 17.3 Å². The molecule has 0 aliphatic heterocycles. The fourth-order valence-electron chi connectivity index (χ4n) is 2.34. The van der Waals surface area contributed by atoms with E-state index in [4.69, 9.17) is 11.6 Å². The van der Waals surface area contributed by atoms with E-state index in [1.54, 1.807) is 28.9 Å². The Kier molecular flexibility index (Phi) is 9.37. The van der Waals surface area contributed by atoms with Crippen LogP contribution >= 0.6 is 51.3 Å². The van der Waals surface area contributed by atoms with Gasteiger partial charge in [0.15, 0.2) is 0 Å². The summed E-state index contributed by atoms with van der Waals surface area (Å²) >= 11 is 9.24. The molecule has 0 saturated carbocycles. The minimum atomic E-state index is 0. The molecule has 3 nitrogen and oxygen atoms in total. The van der Waals surface area contributed by atoms with E-state index in [-0.39, 0.29) is 17.0 Å². The van der Waals surface area contributed by atoms with E-state index in [1.807, 2.05) is 54.6 Å². The smallest absolute Gasteiger partial charge is 0.211 e. The zero-order valence-corrected chi connectivity index (χ0v) is 19.0. The Labute approximate surface area is 188 Å². The van der Waals surface area contributed by atoms with Gasteiger partial charge in [-0.15, -0.1) is 51.3 Å². The Morgan fingerprint density at radius 3 is 2.61 bits per heavy atom. The first-order valence-corrected chi connectivity index (χ1v) is 10.4. The van der Waals surface area contributed by atoms with Crippen molar-refractivity contribution in [1.82, 2.24) is 4.57 Å². The van der Waals surface area contributed by atoms with Gasteiger partial charge in [0.2, 0.25) is 4.80 Å². The van der Waals surface area contributed by atoms with Crippen LogP contribution in [0.2, 0.25) is 5.02 Å². The number of hydrogen-bond donors (Lipinski definition) is 0. The van der Waals surface area contributed by atoms with Crippen molar-refractivity contribution >= 4 is 63.5 Å². The molecule has 2 heterocycles. The van der Waals surface area contributed by atoms with Gasteiger partial charge >= 0.3 is 0 Å². The van der Waals surface area contributed by atoms with Crippen molar-refractivity contribution in [1.29, 1.82) is 0 Å². The van der Waals surface area contributed by atoms with Gasteiger partial charge in [0.1, 0.15) is 0 Å². The van der Waals surface area contributed by atoms with Crippen molar-refractivity contribution in [2.75, 3.05) is 0 Å². The second-order valence-electron chi connectivity index (χ2n) is 5.43. The Morgan fingerprint density at radius 2 is 1.89 bits per heavy atom. The summed E-state index contributed by atoms with van der Waals surface area (Å²) in [5.74, 6) is 0. The molecular formula is C21H19BrClN3S2. The third-order valence-corrected chi connectivity index (χ3v) is 5.51. The number of rotatable bonds is 7. The molecule has 144 valence electrons. The predicted molar refractivity (Wildman–Crippen MR) is 130 cm³/mol. The van der Waals surface area contributed by atoms with Gasteiger partial charge in [0.25, 0.3) is 0 Å². The second kappa shape index (κ2) is 11.8. The minimum Gasteiger partial charge on any atom is -0.311 e. The molecule has 0 bridgehead atoms. The van der Waals surface area contributed by atoms with Crippen LogP contribution in [0.1, 0.15) is 4.88 Å². The van der Waals surface area contributed by atoms with Crippen molar-refractivity contribution in [2.45, 2.75) is 6.54 Å². The fraction of sp³-hybridized carbons (Fsp3) is 0.0476. The molecule has 0 atom stereocenters. The fourth-order valence-corrected chi connectivity index (χ4v) is 3.97. The number of thiazole rings is 1. The molecule has 0 spiro atoms. The van der Waals surface area contributed by atoms with Crippen LogP contribution in [0.15, 0.2) is 88.2 Å². The lowest BCUT2D eigenvalue weighted by Gasteiger charge is -2.06. The van der Waals surface area contributed by atoms with Gasteiger partial charge in [0, 0.05) is 28.0 Å². The lowest BCUT2D eigenvalue weighted by Crippen LogP contribution is -2.14. The van der Waals surface area contributed by atoms with Gasteiger partial charge in [-0.1, -0.05) is 48.0 Å². The molecule has 0 saturated heterocycles. The Morgan fingerprint density at radius 1 is 1.07 bits per heavy atom. The summed E-state index contributed by atoms with van der Waals surface area (Å²) < 4.78 is 2.08.